The van der Waals surface area contributed by atoms with Crippen LogP contribution in [0, 0.1) is 19.7 Å². The predicted octanol–water partition coefficient (Wildman–Crippen LogP) is 2.30. The second kappa shape index (κ2) is 4.30. The summed E-state index contributed by atoms with van der Waals surface area (Å²) in [4.78, 5) is 4.48. The van der Waals surface area contributed by atoms with Crippen LogP contribution in [-0.4, -0.2) is 9.55 Å². The van der Waals surface area contributed by atoms with Crippen molar-refractivity contribution in [3.63, 3.8) is 0 Å². The molecule has 0 aliphatic rings. The van der Waals surface area contributed by atoms with Gasteiger partial charge in [0, 0.05) is 19.2 Å². The molecule has 2 aromatic rings. The molecule has 0 bridgehead atoms. The summed E-state index contributed by atoms with van der Waals surface area (Å²) in [5, 5.41) is 0. The molecule has 1 heterocycles. The molecular weight excluding hydrogens is 217 g/mol. The van der Waals surface area contributed by atoms with Crippen LogP contribution >= 0.6 is 0 Å². The van der Waals surface area contributed by atoms with Crippen molar-refractivity contribution in [1.29, 1.82) is 0 Å². The average molecular weight is 233 g/mol. The van der Waals surface area contributed by atoms with E-state index in [0.29, 0.717) is 12.1 Å². The van der Waals surface area contributed by atoms with E-state index in [1.807, 2.05) is 18.5 Å². The van der Waals surface area contributed by atoms with Crippen LogP contribution in [0.5, 0.6) is 0 Å². The molecule has 1 aromatic carbocycles. The molecule has 2 N–H and O–H groups in total. The van der Waals surface area contributed by atoms with Crippen LogP contribution in [-0.2, 0) is 13.6 Å². The highest BCUT2D eigenvalue weighted by Crippen LogP contribution is 2.24. The minimum Gasteiger partial charge on any atom is -0.334 e. The summed E-state index contributed by atoms with van der Waals surface area (Å²) in [6.07, 6.45) is 0. The normalized spacial score (nSPS) is 10.9. The Morgan fingerprint density at radius 1 is 1.35 bits per heavy atom. The van der Waals surface area contributed by atoms with E-state index >= 15 is 0 Å². The van der Waals surface area contributed by atoms with Crippen LogP contribution in [0.3, 0.4) is 0 Å². The zero-order chi connectivity index (χ0) is 12.6. The maximum Gasteiger partial charge on any atom is 0.126 e. The molecule has 2 rings (SSSR count). The maximum atomic E-state index is 13.2. The van der Waals surface area contributed by atoms with Crippen LogP contribution in [0.25, 0.3) is 11.3 Å². The fourth-order valence-corrected chi connectivity index (χ4v) is 1.91. The minimum atomic E-state index is -0.198. The Balaban J connectivity index is 2.60. The Hall–Kier alpha value is -1.68. The van der Waals surface area contributed by atoms with Gasteiger partial charge in [0.1, 0.15) is 11.6 Å². The third-order valence-corrected chi connectivity index (χ3v) is 3.06. The zero-order valence-electron chi connectivity index (χ0n) is 10.3. The average Bonchev–Trinajstić information content (AvgIpc) is 2.59. The van der Waals surface area contributed by atoms with Crippen molar-refractivity contribution in [3.8, 4) is 11.3 Å². The topological polar surface area (TPSA) is 43.8 Å². The first-order valence-corrected chi connectivity index (χ1v) is 5.53. The first-order chi connectivity index (χ1) is 8.04. The molecule has 0 unspecified atom stereocenters. The number of rotatable bonds is 2. The number of hydrogen-bond acceptors (Lipinski definition) is 2. The van der Waals surface area contributed by atoms with Crippen molar-refractivity contribution in [2.24, 2.45) is 12.8 Å². The van der Waals surface area contributed by atoms with Gasteiger partial charge in [-0.15, -0.1) is 0 Å². The first kappa shape index (κ1) is 11.8. The van der Waals surface area contributed by atoms with E-state index in [0.717, 1.165) is 22.8 Å². The van der Waals surface area contributed by atoms with E-state index < -0.39 is 0 Å². The van der Waals surface area contributed by atoms with Crippen molar-refractivity contribution in [1.82, 2.24) is 9.55 Å². The number of imidazole rings is 1. The highest BCUT2D eigenvalue weighted by Gasteiger charge is 2.13. The number of nitrogens with two attached hydrogens (primary N) is 1. The number of hydrogen-bond donors (Lipinski definition) is 1. The van der Waals surface area contributed by atoms with Crippen molar-refractivity contribution in [2.45, 2.75) is 20.4 Å². The van der Waals surface area contributed by atoms with Crippen LogP contribution < -0.4 is 5.73 Å². The van der Waals surface area contributed by atoms with Gasteiger partial charge < -0.3 is 10.3 Å². The van der Waals surface area contributed by atoms with Gasteiger partial charge in [0.15, 0.2) is 0 Å². The molecule has 17 heavy (non-hydrogen) atoms. The molecule has 0 spiro atoms. The molecule has 90 valence electrons. The van der Waals surface area contributed by atoms with Crippen molar-refractivity contribution < 1.29 is 4.39 Å². The summed E-state index contributed by atoms with van der Waals surface area (Å²) in [5.41, 5.74) is 9.07. The minimum absolute atomic E-state index is 0.198. The van der Waals surface area contributed by atoms with Crippen LogP contribution in [0.1, 0.15) is 17.1 Å². The number of aromatic nitrogens is 2. The van der Waals surface area contributed by atoms with Crippen molar-refractivity contribution >= 4 is 0 Å². The van der Waals surface area contributed by atoms with Gasteiger partial charge in [-0.25, -0.2) is 9.37 Å². The Bertz CT molecular complexity index is 558. The van der Waals surface area contributed by atoms with Crippen LogP contribution in [0.15, 0.2) is 18.2 Å². The zero-order valence-corrected chi connectivity index (χ0v) is 10.3. The van der Waals surface area contributed by atoms with E-state index in [1.165, 1.54) is 6.07 Å². The van der Waals surface area contributed by atoms with Gasteiger partial charge in [-0.1, -0.05) is 0 Å². The fourth-order valence-electron chi connectivity index (χ4n) is 1.91. The molecule has 3 nitrogen and oxygen atoms in total. The summed E-state index contributed by atoms with van der Waals surface area (Å²) >= 11 is 0. The van der Waals surface area contributed by atoms with E-state index in [-0.39, 0.29) is 5.82 Å². The monoisotopic (exact) mass is 233 g/mol. The SMILES string of the molecule is Cc1cc(-c2nc(C)n(C)c2CN)ccc1F. The van der Waals surface area contributed by atoms with Crippen LogP contribution in [0.4, 0.5) is 4.39 Å². The molecule has 0 amide bonds. The highest BCUT2D eigenvalue weighted by molar-refractivity contribution is 5.63. The quantitative estimate of drug-likeness (QED) is 0.865. The van der Waals surface area contributed by atoms with Gasteiger partial charge in [-0.05, 0) is 37.6 Å². The maximum absolute atomic E-state index is 13.2. The lowest BCUT2D eigenvalue weighted by Gasteiger charge is -2.05. The molecule has 0 saturated carbocycles. The smallest absolute Gasteiger partial charge is 0.126 e. The fraction of sp³-hybridized carbons (Fsp3) is 0.308. The lowest BCUT2D eigenvalue weighted by molar-refractivity contribution is 0.618. The number of halogens is 1. The molecule has 0 saturated heterocycles. The summed E-state index contributed by atoms with van der Waals surface area (Å²) in [6.45, 7) is 4.10. The lowest BCUT2D eigenvalue weighted by Crippen LogP contribution is -2.05. The van der Waals surface area contributed by atoms with Gasteiger partial charge in [0.25, 0.3) is 0 Å². The predicted molar refractivity (Wildman–Crippen MR) is 66.0 cm³/mol. The van der Waals surface area contributed by atoms with E-state index in [4.69, 9.17) is 5.73 Å². The van der Waals surface area contributed by atoms with Gasteiger partial charge in [-0.3, -0.25) is 0 Å². The van der Waals surface area contributed by atoms with Crippen molar-refractivity contribution in [3.05, 3.63) is 41.1 Å². The van der Waals surface area contributed by atoms with Gasteiger partial charge in [0.05, 0.1) is 11.4 Å². The van der Waals surface area contributed by atoms with Crippen LogP contribution in [0.2, 0.25) is 0 Å². The summed E-state index contributed by atoms with van der Waals surface area (Å²) < 4.78 is 15.2. The van der Waals surface area contributed by atoms with E-state index in [1.54, 1.807) is 19.1 Å². The first-order valence-electron chi connectivity index (χ1n) is 5.53. The van der Waals surface area contributed by atoms with Crippen molar-refractivity contribution in [2.75, 3.05) is 0 Å². The molecular formula is C13H16FN3. The number of aryl methyl sites for hydroxylation is 2. The molecule has 0 aliphatic heterocycles. The Labute approximate surface area is 100 Å². The largest absolute Gasteiger partial charge is 0.334 e. The molecule has 4 heteroatoms. The third kappa shape index (κ3) is 1.96. The molecule has 0 fully saturated rings. The number of benzene rings is 1. The van der Waals surface area contributed by atoms with Gasteiger partial charge in [-0.2, -0.15) is 0 Å². The second-order valence-electron chi connectivity index (χ2n) is 4.18. The van der Waals surface area contributed by atoms with Gasteiger partial charge in [0.2, 0.25) is 0 Å². The highest BCUT2D eigenvalue weighted by atomic mass is 19.1. The summed E-state index contributed by atoms with van der Waals surface area (Å²) in [6, 6.07) is 5.01. The lowest BCUT2D eigenvalue weighted by atomic mass is 10.1. The molecule has 1 aromatic heterocycles. The second-order valence-corrected chi connectivity index (χ2v) is 4.18. The number of nitrogens with zero attached hydrogens (tertiary/aromatic N) is 2. The Kier molecular flexibility index (Phi) is 2.98. The third-order valence-electron chi connectivity index (χ3n) is 3.06. The Morgan fingerprint density at radius 2 is 2.06 bits per heavy atom. The summed E-state index contributed by atoms with van der Waals surface area (Å²) in [7, 11) is 1.93. The van der Waals surface area contributed by atoms with E-state index in [2.05, 4.69) is 4.98 Å². The molecule has 0 radical (unpaired) electrons. The standard InChI is InChI=1S/C13H16FN3/c1-8-6-10(4-5-11(8)14)13-12(7-15)17(3)9(2)16-13/h4-6H,7,15H2,1-3H3. The van der Waals surface area contributed by atoms with Gasteiger partial charge >= 0.3 is 0 Å². The molecule has 0 atom stereocenters. The van der Waals surface area contributed by atoms with E-state index in [9.17, 15) is 4.39 Å². The summed E-state index contributed by atoms with van der Waals surface area (Å²) in [5.74, 6) is 0.707. The molecule has 0 aliphatic carbocycles. The Morgan fingerprint density at radius 3 is 2.65 bits per heavy atom.